The molecule has 2 N–H and O–H groups in total. The second-order valence-corrected chi connectivity index (χ2v) is 27.5. The van der Waals surface area contributed by atoms with Crippen LogP contribution in [0.2, 0.25) is 0 Å². The van der Waals surface area contributed by atoms with Crippen LogP contribution in [0.15, 0.2) is 334 Å². The molecule has 0 aliphatic heterocycles. The second kappa shape index (κ2) is 45.7. The van der Waals surface area contributed by atoms with Gasteiger partial charge in [0.05, 0.1) is 40.0 Å². The summed E-state index contributed by atoms with van der Waals surface area (Å²) in [6, 6.07) is 107. The van der Waals surface area contributed by atoms with Crippen molar-refractivity contribution >= 4 is 66.4 Å². The number of aromatic carboxylic acids is 1. The molecule has 0 unspecified atom stereocenters. The number of allylic oxidation sites excluding steroid dienone is 2. The predicted octanol–water partition coefficient (Wildman–Crippen LogP) is 23.7. The van der Waals surface area contributed by atoms with Gasteiger partial charge in [0.15, 0.2) is 5.78 Å². The zero-order valence-electron chi connectivity index (χ0n) is 67.5. The van der Waals surface area contributed by atoms with Crippen LogP contribution < -0.4 is 0 Å². The summed E-state index contributed by atoms with van der Waals surface area (Å²) < 4.78 is 6.71. The number of aromatic nitrogens is 10. The molecule has 615 valence electrons. The maximum atomic E-state index is 10.1. The van der Waals surface area contributed by atoms with E-state index in [0.29, 0.717) is 0 Å². The Morgan fingerprint density at radius 2 is 0.835 bits per heavy atom. The standard InChI is InChI=1S/C24H19N2.C23H17N2.C17H15N2.C16H11N2.C11H8N.C6H5NO2.C5H8O2.5Ir/c1-15-11-12-21-20(13-15)18-9-4-5-10-19(18)24-25-14-22(26(21)24)23-16(2)7-6-8-17(23)3;1-15-8-7-9-16(2)22(15)21-14-24-23-19-12-4-3-10-17(19)18-11-5-6-13-20(18)25(21)23;1-13-7-6-8-14(2)16(13)19-12-11-18-17(19)15-9-4-3-5-10-15;1-3-7-13(8-4-1)15-16(18-12-11-17-15)14-9-5-2-6-10-14;1-2-6-10(7-3-1)11-8-4-5-9-12-11;8-6(9)5-3-1-2-4-7-5;1-4(6)3-5(2)7;;;;;/h4-9,11-14H,1-3H3;3-11,13-14H,1-2H3;3-9,11-12H,1-2H3;1-9,11-12H;1-6,8-9H;1-4H,(H,8,9);3,6H,1-2H3;;;;;/q5*-1;;;;;;;. The molecule has 0 atom stereocenters. The minimum absolute atomic E-state index is 0. The van der Waals surface area contributed by atoms with Gasteiger partial charge in [0.2, 0.25) is 0 Å². The fraction of sp³-hybridized carbons (Fsp3) is 0.0882. The Bertz CT molecular complexity index is 6490. The van der Waals surface area contributed by atoms with Crippen molar-refractivity contribution in [3.8, 4) is 73.4 Å². The van der Waals surface area contributed by atoms with Gasteiger partial charge in [0.1, 0.15) is 5.69 Å². The molecule has 8 aromatic heterocycles. The molecule has 0 amide bonds. The first kappa shape index (κ1) is 94.8. The van der Waals surface area contributed by atoms with E-state index in [4.69, 9.17) is 20.2 Å². The fourth-order valence-corrected chi connectivity index (χ4v) is 14.1. The van der Waals surface area contributed by atoms with E-state index in [-0.39, 0.29) is 118 Å². The number of pyridine rings is 4. The number of nitrogens with zero attached hydrogens (tertiary/aromatic N) is 10. The number of aryl methyl sites for hydroxylation is 7. The molecule has 0 saturated heterocycles. The van der Waals surface area contributed by atoms with Crippen LogP contribution in [0.4, 0.5) is 0 Å². The molecule has 0 aliphatic carbocycles. The number of carboxylic acids is 1. The Kier molecular flexibility index (Phi) is 35.8. The van der Waals surface area contributed by atoms with E-state index < -0.39 is 5.97 Å². The number of benzene rings is 11. The van der Waals surface area contributed by atoms with Gasteiger partial charge in [-0.25, -0.2) is 9.78 Å². The van der Waals surface area contributed by atoms with Gasteiger partial charge in [-0.05, 0) is 148 Å². The average molecular weight is 2470 g/mol. The summed E-state index contributed by atoms with van der Waals surface area (Å²) in [5.74, 6) is -0.124. The Balaban J connectivity index is 0.000000181. The van der Waals surface area contributed by atoms with Crippen molar-refractivity contribution in [2.75, 3.05) is 0 Å². The van der Waals surface area contributed by atoms with E-state index in [1.165, 1.54) is 121 Å². The minimum Gasteiger partial charge on any atom is -0.512 e. The van der Waals surface area contributed by atoms with Crippen molar-refractivity contribution in [3.63, 3.8) is 0 Å². The number of rotatable bonds is 9. The van der Waals surface area contributed by atoms with Gasteiger partial charge in [0.25, 0.3) is 0 Å². The van der Waals surface area contributed by atoms with Crippen molar-refractivity contribution in [2.45, 2.75) is 62.3 Å². The molecule has 5 radical (unpaired) electrons. The van der Waals surface area contributed by atoms with Gasteiger partial charge in [-0.3, -0.25) is 24.7 Å². The molecule has 8 heterocycles. The van der Waals surface area contributed by atoms with Crippen LogP contribution in [0.25, 0.3) is 128 Å². The van der Waals surface area contributed by atoms with Crippen LogP contribution in [-0.2, 0) is 105 Å². The van der Waals surface area contributed by atoms with E-state index in [1.54, 1.807) is 30.7 Å². The SMILES string of the molecule is CC(=O)C=C(C)O.Cc1ccc2c(c1)c1ccc[c-]c1c1ncc(-c3c(C)cccc3C)n21.Cc1cccc(C)c1-c1cnc2c3[c-]cccc3c3ccccc3n12.Cc1cccc(C)c1-n1ccnc1-c1[c-]cccc1.O=C(O)c1ccccn1.[Ir].[Ir].[Ir].[Ir].[Ir].[c-]1ccccc1-c1ccccn1.[c-]1ccccc1-c1nccnc1-c1ccccc1. The number of carboxylic acid groups (broad SMARTS) is 1. The number of carbonyl (C=O) groups is 2. The largest absolute Gasteiger partial charge is 0.512 e. The molecule has 0 aliphatic rings. The average Bonchev–Trinajstić information content (AvgIpc) is 1.62. The van der Waals surface area contributed by atoms with Gasteiger partial charge in [-0.2, -0.15) is 0 Å². The summed E-state index contributed by atoms with van der Waals surface area (Å²) in [6.45, 7) is 17.9. The number of hydrogen-bond donors (Lipinski definition) is 2. The number of hydrogen-bond acceptors (Lipinski definition) is 10. The van der Waals surface area contributed by atoms with Crippen molar-refractivity contribution in [1.29, 1.82) is 0 Å². The first-order valence-corrected chi connectivity index (χ1v) is 37.9. The summed E-state index contributed by atoms with van der Waals surface area (Å²) in [4.78, 5) is 50.9. The molecule has 19 rings (SSSR count). The maximum absolute atomic E-state index is 10.1. The summed E-state index contributed by atoms with van der Waals surface area (Å²) >= 11 is 0. The summed E-state index contributed by atoms with van der Waals surface area (Å²) in [5, 5.41) is 23.7. The third kappa shape index (κ3) is 22.9. The van der Waals surface area contributed by atoms with Gasteiger partial charge < -0.3 is 33.5 Å². The molecule has 14 nitrogen and oxygen atoms in total. The molecular weight excluding hydrogens is 2390 g/mol. The predicted molar refractivity (Wildman–Crippen MR) is 468 cm³/mol. The quantitative estimate of drug-likeness (QED) is 0.0608. The van der Waals surface area contributed by atoms with E-state index in [1.807, 2.05) is 164 Å². The molecule has 0 saturated carbocycles. The number of ketones is 1. The monoisotopic (exact) mass is 2480 g/mol. The van der Waals surface area contributed by atoms with Crippen LogP contribution in [0.5, 0.6) is 0 Å². The second-order valence-electron chi connectivity index (χ2n) is 27.5. The zero-order valence-corrected chi connectivity index (χ0v) is 79.5. The minimum atomic E-state index is -0.990. The fourth-order valence-electron chi connectivity index (χ4n) is 14.1. The Morgan fingerprint density at radius 3 is 1.32 bits per heavy atom. The number of fused-ring (bicyclic) bond motifs is 12. The number of aliphatic hydroxyl groups is 1. The number of carbonyl (C=O) groups excluding carboxylic acids is 1. The Hall–Kier alpha value is -11.6. The van der Waals surface area contributed by atoms with Crippen LogP contribution in [0.3, 0.4) is 0 Å². The van der Waals surface area contributed by atoms with Crippen LogP contribution in [-0.4, -0.2) is 70.2 Å². The topological polar surface area (TPSA) is 179 Å². The smallest absolute Gasteiger partial charge is 0.354 e. The van der Waals surface area contributed by atoms with Crippen molar-refractivity contribution in [1.82, 2.24) is 48.3 Å². The molecule has 0 fully saturated rings. The van der Waals surface area contributed by atoms with E-state index >= 15 is 0 Å². The first-order valence-electron chi connectivity index (χ1n) is 37.9. The normalized spacial score (nSPS) is 10.4. The van der Waals surface area contributed by atoms with E-state index in [9.17, 15) is 9.59 Å². The van der Waals surface area contributed by atoms with Gasteiger partial charge >= 0.3 is 5.97 Å². The number of aliphatic hydroxyl groups excluding tert-OH is 1. The molecule has 11 aromatic carbocycles. The molecule has 0 bridgehead atoms. The number of imidazole rings is 3. The van der Waals surface area contributed by atoms with Gasteiger partial charge in [-0.15, -0.1) is 167 Å². The van der Waals surface area contributed by atoms with Crippen molar-refractivity contribution in [2.24, 2.45) is 0 Å². The molecule has 121 heavy (non-hydrogen) atoms. The van der Waals surface area contributed by atoms with Crippen LogP contribution in [0.1, 0.15) is 63.3 Å². The molecule has 19 aromatic rings. The summed E-state index contributed by atoms with van der Waals surface area (Å²) in [6.07, 6.45) is 15.7. The molecule has 0 spiro atoms. The van der Waals surface area contributed by atoms with Gasteiger partial charge in [0, 0.05) is 190 Å². The van der Waals surface area contributed by atoms with Crippen LogP contribution in [0, 0.1) is 78.8 Å². The number of para-hydroxylation sites is 2. The van der Waals surface area contributed by atoms with E-state index in [2.05, 4.69) is 232 Å². The van der Waals surface area contributed by atoms with Crippen molar-refractivity contribution < 1.29 is 120 Å². The molecular formula is C102H83Ir5N10O4-5. The maximum Gasteiger partial charge on any atom is 0.354 e. The summed E-state index contributed by atoms with van der Waals surface area (Å²) in [7, 11) is 0. The Morgan fingerprint density at radius 1 is 0.372 bits per heavy atom. The first-order chi connectivity index (χ1) is 56.5. The molecule has 19 heteroatoms. The van der Waals surface area contributed by atoms with Crippen LogP contribution >= 0.6 is 0 Å². The Labute approximate surface area is 772 Å². The third-order valence-electron chi connectivity index (χ3n) is 19.2. The van der Waals surface area contributed by atoms with Gasteiger partial charge in [-0.1, -0.05) is 150 Å². The summed E-state index contributed by atoms with van der Waals surface area (Å²) in [5.41, 5.74) is 26.0. The van der Waals surface area contributed by atoms with E-state index in [0.717, 1.165) is 78.6 Å². The zero-order chi connectivity index (χ0) is 81.0. The van der Waals surface area contributed by atoms with Crippen molar-refractivity contribution in [3.05, 3.63) is 409 Å². The third-order valence-corrected chi connectivity index (χ3v) is 19.2.